The molecule has 6 rings (SSSR count). The molecule has 1 aromatic carbocycles. The van der Waals surface area contributed by atoms with Crippen LogP contribution in [-0.2, 0) is 11.8 Å². The number of ether oxygens (including phenoxy) is 1. The highest BCUT2D eigenvalue weighted by atomic mass is 16.5. The van der Waals surface area contributed by atoms with Gasteiger partial charge in [-0.3, -0.25) is 4.40 Å². The lowest BCUT2D eigenvalue weighted by Gasteiger charge is -2.15. The van der Waals surface area contributed by atoms with Crippen molar-refractivity contribution >= 4 is 17.4 Å². The van der Waals surface area contributed by atoms with E-state index in [1.54, 1.807) is 13.3 Å². The van der Waals surface area contributed by atoms with Gasteiger partial charge in [-0.25, -0.2) is 9.97 Å². The van der Waals surface area contributed by atoms with Crippen molar-refractivity contribution in [1.29, 1.82) is 0 Å². The number of hydrogen-bond donors (Lipinski definition) is 2. The quantitative estimate of drug-likeness (QED) is 0.536. The van der Waals surface area contributed by atoms with Crippen molar-refractivity contribution < 1.29 is 4.74 Å². The van der Waals surface area contributed by atoms with E-state index in [1.807, 2.05) is 18.3 Å². The van der Waals surface area contributed by atoms with Gasteiger partial charge in [0.2, 0.25) is 0 Å². The first-order chi connectivity index (χ1) is 14.7. The zero-order valence-corrected chi connectivity index (χ0v) is 16.9. The number of anilines is 1. The van der Waals surface area contributed by atoms with Gasteiger partial charge >= 0.3 is 0 Å². The van der Waals surface area contributed by atoms with Gasteiger partial charge in [0.25, 0.3) is 0 Å². The van der Waals surface area contributed by atoms with Crippen molar-refractivity contribution in [3.05, 3.63) is 71.4 Å². The Kier molecular flexibility index (Phi) is 3.60. The number of H-pyrrole nitrogens is 1. The number of nitrogens with two attached hydrogens (primary N) is 1. The molecule has 0 bridgehead atoms. The predicted octanol–water partition coefficient (Wildman–Crippen LogP) is 4.35. The van der Waals surface area contributed by atoms with Crippen molar-refractivity contribution in [2.75, 3.05) is 12.8 Å². The fourth-order valence-electron chi connectivity index (χ4n) is 4.70. The standard InChI is InChI=1S/C24H23N5O/c1-30-17-8-6-16(7-9-17)24(10-11-24)23-28-20(21-22(25)26-12-13-29(21)23)19-14-15-4-2-3-5-18(15)27-19/h2,4,6-9,12-14,27H,3,5,10-11H2,1H3,(H2,25,26). The third kappa shape index (κ3) is 2.43. The molecule has 2 aliphatic rings. The smallest absolute Gasteiger partial charge is 0.150 e. The molecule has 6 nitrogen and oxygen atoms in total. The van der Waals surface area contributed by atoms with Crippen LogP contribution in [0.2, 0.25) is 0 Å². The second-order valence-corrected chi connectivity index (χ2v) is 8.18. The number of nitrogen functional groups attached to an aromatic ring is 1. The van der Waals surface area contributed by atoms with E-state index in [9.17, 15) is 0 Å². The lowest BCUT2D eigenvalue weighted by Crippen LogP contribution is -2.13. The molecule has 150 valence electrons. The number of methoxy groups -OCH3 is 1. The van der Waals surface area contributed by atoms with Gasteiger partial charge in [0.15, 0.2) is 0 Å². The summed E-state index contributed by atoms with van der Waals surface area (Å²) in [5.74, 6) is 2.39. The number of hydrogen-bond acceptors (Lipinski definition) is 4. The molecular weight excluding hydrogens is 374 g/mol. The Morgan fingerprint density at radius 1 is 1.20 bits per heavy atom. The number of imidazole rings is 1. The summed E-state index contributed by atoms with van der Waals surface area (Å²) in [4.78, 5) is 13.1. The summed E-state index contributed by atoms with van der Waals surface area (Å²) in [6, 6.07) is 10.5. The molecule has 3 aromatic heterocycles. The van der Waals surface area contributed by atoms with E-state index in [0.717, 1.165) is 54.2 Å². The average molecular weight is 397 g/mol. The van der Waals surface area contributed by atoms with E-state index in [-0.39, 0.29) is 5.41 Å². The third-order valence-corrected chi connectivity index (χ3v) is 6.45. The maximum atomic E-state index is 6.35. The third-order valence-electron chi connectivity index (χ3n) is 6.45. The molecule has 2 aliphatic carbocycles. The SMILES string of the molecule is COc1ccc(C2(c3nc(-c4cc5c([nH]4)CCC=C5)c4c(N)nccn34)CC2)cc1. The second kappa shape index (κ2) is 6.23. The maximum absolute atomic E-state index is 6.35. The molecule has 3 heterocycles. The number of nitrogens with one attached hydrogen (secondary N) is 1. The Bertz CT molecular complexity index is 1290. The molecule has 0 radical (unpaired) electrons. The Morgan fingerprint density at radius 3 is 2.77 bits per heavy atom. The highest BCUT2D eigenvalue weighted by Crippen LogP contribution is 2.54. The van der Waals surface area contributed by atoms with E-state index in [0.29, 0.717) is 5.82 Å². The first kappa shape index (κ1) is 17.3. The first-order valence-corrected chi connectivity index (χ1v) is 10.4. The number of rotatable bonds is 4. The van der Waals surface area contributed by atoms with Gasteiger partial charge < -0.3 is 15.5 Å². The Morgan fingerprint density at radius 2 is 2.03 bits per heavy atom. The molecule has 0 spiro atoms. The molecule has 0 unspecified atom stereocenters. The fraction of sp³-hybridized carbons (Fsp3) is 0.250. The number of aromatic nitrogens is 4. The highest BCUT2D eigenvalue weighted by Gasteiger charge is 2.49. The molecule has 1 fully saturated rings. The molecule has 0 amide bonds. The second-order valence-electron chi connectivity index (χ2n) is 8.18. The van der Waals surface area contributed by atoms with Crippen LogP contribution in [-0.4, -0.2) is 26.5 Å². The molecule has 6 heteroatoms. The Hall–Kier alpha value is -3.54. The fourth-order valence-corrected chi connectivity index (χ4v) is 4.70. The van der Waals surface area contributed by atoms with Gasteiger partial charge in [0, 0.05) is 18.1 Å². The van der Waals surface area contributed by atoms with Gasteiger partial charge in [-0.15, -0.1) is 0 Å². The summed E-state index contributed by atoms with van der Waals surface area (Å²) in [6.45, 7) is 0. The van der Waals surface area contributed by atoms with Crippen LogP contribution in [0.3, 0.4) is 0 Å². The zero-order chi connectivity index (χ0) is 20.3. The number of aromatic amines is 1. The molecular formula is C24H23N5O. The Balaban J connectivity index is 1.55. The number of allylic oxidation sites excluding steroid dienone is 1. The van der Waals surface area contributed by atoms with Crippen molar-refractivity contribution in [3.63, 3.8) is 0 Å². The molecule has 0 saturated heterocycles. The van der Waals surface area contributed by atoms with Crippen LogP contribution in [0.4, 0.5) is 5.82 Å². The molecule has 1 saturated carbocycles. The number of nitrogens with zero attached hydrogens (tertiary/aromatic N) is 3. The minimum atomic E-state index is -0.104. The normalized spacial score (nSPS) is 16.6. The molecule has 4 aromatic rings. The number of aryl methyl sites for hydroxylation is 1. The topological polar surface area (TPSA) is 81.2 Å². The highest BCUT2D eigenvalue weighted by molar-refractivity contribution is 5.85. The van der Waals surface area contributed by atoms with Gasteiger partial charge in [-0.1, -0.05) is 24.3 Å². The van der Waals surface area contributed by atoms with E-state index < -0.39 is 0 Å². The molecule has 0 atom stereocenters. The zero-order valence-electron chi connectivity index (χ0n) is 16.9. The number of fused-ring (bicyclic) bond motifs is 2. The van der Waals surface area contributed by atoms with Crippen LogP contribution >= 0.6 is 0 Å². The summed E-state index contributed by atoms with van der Waals surface area (Å²) in [7, 11) is 1.69. The summed E-state index contributed by atoms with van der Waals surface area (Å²) in [5, 5.41) is 0. The summed E-state index contributed by atoms with van der Waals surface area (Å²) < 4.78 is 7.47. The Labute approximate surface area is 174 Å². The molecule has 0 aliphatic heterocycles. The molecule has 30 heavy (non-hydrogen) atoms. The lowest BCUT2D eigenvalue weighted by molar-refractivity contribution is 0.414. The largest absolute Gasteiger partial charge is 0.497 e. The first-order valence-electron chi connectivity index (χ1n) is 10.4. The van der Waals surface area contributed by atoms with Gasteiger partial charge in [-0.2, -0.15) is 0 Å². The number of benzene rings is 1. The maximum Gasteiger partial charge on any atom is 0.150 e. The predicted molar refractivity (Wildman–Crippen MR) is 118 cm³/mol. The van der Waals surface area contributed by atoms with Crippen molar-refractivity contribution in [2.45, 2.75) is 31.1 Å². The summed E-state index contributed by atoms with van der Waals surface area (Å²) in [5.41, 5.74) is 12.7. The minimum absolute atomic E-state index is 0.104. The van der Waals surface area contributed by atoms with Crippen LogP contribution in [0.25, 0.3) is 23.0 Å². The van der Waals surface area contributed by atoms with E-state index in [1.165, 1.54) is 16.8 Å². The van der Waals surface area contributed by atoms with Crippen molar-refractivity contribution in [1.82, 2.24) is 19.4 Å². The van der Waals surface area contributed by atoms with E-state index in [4.69, 9.17) is 15.5 Å². The van der Waals surface area contributed by atoms with E-state index in [2.05, 4.69) is 44.7 Å². The van der Waals surface area contributed by atoms with Crippen LogP contribution < -0.4 is 10.5 Å². The van der Waals surface area contributed by atoms with Crippen molar-refractivity contribution in [3.8, 4) is 17.1 Å². The monoisotopic (exact) mass is 397 g/mol. The van der Waals surface area contributed by atoms with Gasteiger partial charge in [-0.05, 0) is 55.0 Å². The minimum Gasteiger partial charge on any atom is -0.497 e. The van der Waals surface area contributed by atoms with Crippen LogP contribution in [0.15, 0.2) is 48.8 Å². The lowest BCUT2D eigenvalue weighted by atomic mass is 9.95. The van der Waals surface area contributed by atoms with Gasteiger partial charge in [0.05, 0.1) is 18.2 Å². The van der Waals surface area contributed by atoms with Crippen LogP contribution in [0.5, 0.6) is 5.75 Å². The summed E-state index contributed by atoms with van der Waals surface area (Å²) in [6.07, 6.45) is 12.3. The van der Waals surface area contributed by atoms with Crippen LogP contribution in [0.1, 0.15) is 41.9 Å². The van der Waals surface area contributed by atoms with Crippen LogP contribution in [0, 0.1) is 0 Å². The van der Waals surface area contributed by atoms with Gasteiger partial charge in [0.1, 0.15) is 28.6 Å². The summed E-state index contributed by atoms with van der Waals surface area (Å²) >= 11 is 0. The molecule has 3 N–H and O–H groups in total. The van der Waals surface area contributed by atoms with E-state index >= 15 is 0 Å². The average Bonchev–Trinajstić information content (AvgIpc) is 3.30. The van der Waals surface area contributed by atoms with Crippen molar-refractivity contribution in [2.24, 2.45) is 0 Å².